The Morgan fingerprint density at radius 3 is 2.70 bits per heavy atom. The second-order valence-electron chi connectivity index (χ2n) is 5.53. The molecule has 0 N–H and O–H groups in total. The Kier molecular flexibility index (Phi) is 4.19. The molecule has 5 heteroatoms. The lowest BCUT2D eigenvalue weighted by Crippen LogP contribution is -2.21. The third kappa shape index (κ3) is 3.13. The van der Waals surface area contributed by atoms with E-state index in [4.69, 9.17) is 0 Å². The molecule has 0 bridgehead atoms. The monoisotopic (exact) mass is 313 g/mol. The van der Waals surface area contributed by atoms with Gasteiger partial charge in [-0.15, -0.1) is 0 Å². The molecule has 0 amide bonds. The van der Waals surface area contributed by atoms with E-state index in [2.05, 4.69) is 9.97 Å². The summed E-state index contributed by atoms with van der Waals surface area (Å²) in [6.45, 7) is 2.49. The molecule has 0 aliphatic heterocycles. The van der Waals surface area contributed by atoms with E-state index in [1.807, 2.05) is 36.2 Å². The predicted octanol–water partition coefficient (Wildman–Crippen LogP) is 3.90. The van der Waals surface area contributed by atoms with E-state index in [0.29, 0.717) is 17.6 Å². The van der Waals surface area contributed by atoms with Crippen molar-refractivity contribution in [1.29, 1.82) is 0 Å². The SMILES string of the molecule is Cc1cc(N(C)CCc2ccccn2)c2ccc(F)c(F)c2n1. The van der Waals surface area contributed by atoms with Crippen molar-refractivity contribution in [2.75, 3.05) is 18.5 Å². The van der Waals surface area contributed by atoms with Crippen molar-refractivity contribution >= 4 is 16.6 Å². The van der Waals surface area contributed by atoms with Gasteiger partial charge in [-0.1, -0.05) is 6.07 Å². The number of likely N-dealkylation sites (N-methyl/N-ethyl adjacent to an activating group) is 1. The van der Waals surface area contributed by atoms with Crippen molar-refractivity contribution in [3.05, 3.63) is 65.6 Å². The molecule has 1 aromatic carbocycles. The first-order valence-electron chi connectivity index (χ1n) is 7.42. The van der Waals surface area contributed by atoms with Gasteiger partial charge in [0, 0.05) is 48.7 Å². The van der Waals surface area contributed by atoms with Crippen LogP contribution in [-0.2, 0) is 6.42 Å². The number of aromatic nitrogens is 2. The van der Waals surface area contributed by atoms with E-state index in [1.54, 1.807) is 19.2 Å². The molecule has 3 rings (SSSR count). The summed E-state index contributed by atoms with van der Waals surface area (Å²) in [6.07, 6.45) is 2.53. The zero-order chi connectivity index (χ0) is 16.4. The molecule has 2 aromatic heterocycles. The van der Waals surface area contributed by atoms with Crippen molar-refractivity contribution in [3.8, 4) is 0 Å². The number of hydrogen-bond donors (Lipinski definition) is 0. The van der Waals surface area contributed by atoms with Crippen LogP contribution in [0.1, 0.15) is 11.4 Å². The molecule has 3 aromatic rings. The number of hydrogen-bond acceptors (Lipinski definition) is 3. The lowest BCUT2D eigenvalue weighted by molar-refractivity contribution is 0.515. The molecule has 0 radical (unpaired) electrons. The third-order valence-electron chi connectivity index (χ3n) is 3.82. The summed E-state index contributed by atoms with van der Waals surface area (Å²) >= 11 is 0. The molecule has 3 nitrogen and oxygen atoms in total. The first kappa shape index (κ1) is 15.3. The number of benzene rings is 1. The fourth-order valence-corrected chi connectivity index (χ4v) is 2.60. The van der Waals surface area contributed by atoms with Crippen molar-refractivity contribution in [2.24, 2.45) is 0 Å². The van der Waals surface area contributed by atoms with Gasteiger partial charge < -0.3 is 4.90 Å². The Morgan fingerprint density at radius 2 is 1.96 bits per heavy atom. The second-order valence-corrected chi connectivity index (χ2v) is 5.53. The number of anilines is 1. The number of halogens is 2. The third-order valence-corrected chi connectivity index (χ3v) is 3.82. The van der Waals surface area contributed by atoms with Gasteiger partial charge in [-0.3, -0.25) is 4.98 Å². The molecule has 0 saturated heterocycles. The highest BCUT2D eigenvalue weighted by molar-refractivity contribution is 5.92. The van der Waals surface area contributed by atoms with Gasteiger partial charge in [-0.25, -0.2) is 13.8 Å². The summed E-state index contributed by atoms with van der Waals surface area (Å²) in [5.74, 6) is -1.77. The summed E-state index contributed by atoms with van der Waals surface area (Å²) in [7, 11) is 1.93. The molecule has 2 heterocycles. The van der Waals surface area contributed by atoms with Crippen LogP contribution >= 0.6 is 0 Å². The van der Waals surface area contributed by atoms with E-state index in [1.165, 1.54) is 0 Å². The summed E-state index contributed by atoms with van der Waals surface area (Å²) in [4.78, 5) is 10.5. The summed E-state index contributed by atoms with van der Waals surface area (Å²) in [6, 6.07) is 10.4. The largest absolute Gasteiger partial charge is 0.374 e. The summed E-state index contributed by atoms with van der Waals surface area (Å²) < 4.78 is 27.5. The van der Waals surface area contributed by atoms with Gasteiger partial charge in [0.25, 0.3) is 0 Å². The fraction of sp³-hybridized carbons (Fsp3) is 0.222. The zero-order valence-corrected chi connectivity index (χ0v) is 13.1. The first-order chi connectivity index (χ1) is 11.1. The molecular weight excluding hydrogens is 296 g/mol. The van der Waals surface area contributed by atoms with E-state index in [0.717, 1.165) is 23.9 Å². The number of aryl methyl sites for hydroxylation is 1. The number of nitrogens with zero attached hydrogens (tertiary/aromatic N) is 3. The van der Waals surface area contributed by atoms with Crippen LogP contribution < -0.4 is 4.90 Å². The summed E-state index contributed by atoms with van der Waals surface area (Å²) in [5.41, 5.74) is 2.56. The number of rotatable bonds is 4. The zero-order valence-electron chi connectivity index (χ0n) is 13.1. The summed E-state index contributed by atoms with van der Waals surface area (Å²) in [5, 5.41) is 0.609. The van der Waals surface area contributed by atoms with Crippen LogP contribution in [0.2, 0.25) is 0 Å². The van der Waals surface area contributed by atoms with Gasteiger partial charge >= 0.3 is 0 Å². The van der Waals surface area contributed by atoms with Crippen molar-refractivity contribution in [3.63, 3.8) is 0 Å². The van der Waals surface area contributed by atoms with Crippen molar-refractivity contribution in [2.45, 2.75) is 13.3 Å². The van der Waals surface area contributed by atoms with Crippen LogP contribution in [0.15, 0.2) is 42.6 Å². The standard InChI is InChI=1S/C18H17F2N3/c1-12-11-16(14-6-7-15(19)17(20)18(14)22-12)23(2)10-8-13-5-3-4-9-21-13/h3-7,9,11H,8,10H2,1-2H3. The van der Waals surface area contributed by atoms with Gasteiger partial charge in [0.2, 0.25) is 0 Å². The van der Waals surface area contributed by atoms with E-state index < -0.39 is 11.6 Å². The molecule has 0 saturated carbocycles. The lowest BCUT2D eigenvalue weighted by Gasteiger charge is -2.21. The van der Waals surface area contributed by atoms with Crippen LogP contribution in [0.25, 0.3) is 10.9 Å². The van der Waals surface area contributed by atoms with E-state index >= 15 is 0 Å². The van der Waals surface area contributed by atoms with Crippen LogP contribution in [0, 0.1) is 18.6 Å². The molecule has 0 atom stereocenters. The minimum Gasteiger partial charge on any atom is -0.374 e. The Labute approximate surface area is 133 Å². The fourth-order valence-electron chi connectivity index (χ4n) is 2.60. The van der Waals surface area contributed by atoms with E-state index in [9.17, 15) is 8.78 Å². The average Bonchev–Trinajstić information content (AvgIpc) is 2.56. The smallest absolute Gasteiger partial charge is 0.185 e. The normalized spacial score (nSPS) is 11.0. The molecular formula is C18H17F2N3. The van der Waals surface area contributed by atoms with Gasteiger partial charge in [0.05, 0.1) is 0 Å². The molecule has 0 aliphatic carbocycles. The van der Waals surface area contributed by atoms with Crippen LogP contribution in [0.5, 0.6) is 0 Å². The van der Waals surface area contributed by atoms with Gasteiger partial charge in [-0.05, 0) is 37.3 Å². The molecule has 0 fully saturated rings. The molecule has 0 unspecified atom stereocenters. The van der Waals surface area contributed by atoms with Crippen molar-refractivity contribution < 1.29 is 8.78 Å². The minimum absolute atomic E-state index is 0.0738. The number of fused-ring (bicyclic) bond motifs is 1. The Morgan fingerprint density at radius 1 is 1.13 bits per heavy atom. The highest BCUT2D eigenvalue weighted by Crippen LogP contribution is 2.28. The predicted molar refractivity (Wildman–Crippen MR) is 87.6 cm³/mol. The maximum absolute atomic E-state index is 14.0. The van der Waals surface area contributed by atoms with Crippen molar-refractivity contribution in [1.82, 2.24) is 9.97 Å². The minimum atomic E-state index is -0.898. The first-order valence-corrected chi connectivity index (χ1v) is 7.42. The lowest BCUT2D eigenvalue weighted by atomic mass is 10.1. The quantitative estimate of drug-likeness (QED) is 0.731. The van der Waals surface area contributed by atoms with Gasteiger partial charge in [-0.2, -0.15) is 0 Å². The van der Waals surface area contributed by atoms with Crippen LogP contribution in [0.4, 0.5) is 14.5 Å². The molecule has 0 aliphatic rings. The van der Waals surface area contributed by atoms with E-state index in [-0.39, 0.29) is 5.52 Å². The highest BCUT2D eigenvalue weighted by atomic mass is 19.2. The van der Waals surface area contributed by atoms with Gasteiger partial charge in [0.15, 0.2) is 11.6 Å². The molecule has 118 valence electrons. The Hall–Kier alpha value is -2.56. The maximum Gasteiger partial charge on any atom is 0.185 e. The highest BCUT2D eigenvalue weighted by Gasteiger charge is 2.14. The topological polar surface area (TPSA) is 29.0 Å². The molecule has 23 heavy (non-hydrogen) atoms. The maximum atomic E-state index is 14.0. The Bertz CT molecular complexity index is 835. The second kappa shape index (κ2) is 6.28. The average molecular weight is 313 g/mol. The van der Waals surface area contributed by atoms with Crippen LogP contribution in [0.3, 0.4) is 0 Å². The number of pyridine rings is 2. The van der Waals surface area contributed by atoms with Crippen LogP contribution in [-0.4, -0.2) is 23.6 Å². The molecule has 0 spiro atoms. The Balaban J connectivity index is 1.94. The van der Waals surface area contributed by atoms with Gasteiger partial charge in [0.1, 0.15) is 5.52 Å².